The van der Waals surface area contributed by atoms with Crippen molar-refractivity contribution in [3.63, 3.8) is 0 Å². The Bertz CT molecular complexity index is 992. The first-order valence-electron chi connectivity index (χ1n) is 9.47. The van der Waals surface area contributed by atoms with E-state index in [1.54, 1.807) is 30.5 Å². The highest BCUT2D eigenvalue weighted by atomic mass is 16.5. The second kappa shape index (κ2) is 6.56. The molecule has 1 amide bonds. The summed E-state index contributed by atoms with van der Waals surface area (Å²) in [5, 5.41) is 4.26. The molecule has 2 aromatic heterocycles. The predicted molar refractivity (Wildman–Crippen MR) is 100 cm³/mol. The molecule has 0 bridgehead atoms. The minimum absolute atomic E-state index is 0.170. The van der Waals surface area contributed by atoms with E-state index in [0.717, 1.165) is 30.6 Å². The molecule has 144 valence electrons. The molecule has 1 aromatic carbocycles. The second-order valence-electron chi connectivity index (χ2n) is 7.18. The Labute approximate surface area is 162 Å². The van der Waals surface area contributed by atoms with Gasteiger partial charge in [-0.3, -0.25) is 4.79 Å². The monoisotopic (exact) mass is 379 g/mol. The number of rotatable bonds is 2. The van der Waals surface area contributed by atoms with Crippen molar-refractivity contribution >= 4 is 11.7 Å². The number of carbonyl (C=O) groups is 1. The molecule has 0 unspecified atom stereocenters. The van der Waals surface area contributed by atoms with Crippen LogP contribution in [-0.4, -0.2) is 57.2 Å². The van der Waals surface area contributed by atoms with Crippen molar-refractivity contribution < 1.29 is 14.3 Å². The van der Waals surface area contributed by atoms with Crippen LogP contribution in [0.1, 0.15) is 34.6 Å². The number of nitrogens with zero attached hydrogens (tertiary/aromatic N) is 5. The van der Waals surface area contributed by atoms with Crippen LogP contribution < -0.4 is 4.74 Å². The summed E-state index contributed by atoms with van der Waals surface area (Å²) in [6, 6.07) is 7.91. The maximum Gasteiger partial charge on any atom is 0.293 e. The molecule has 1 spiro atoms. The number of ether oxygens (including phenoxy) is 2. The van der Waals surface area contributed by atoms with E-state index >= 15 is 0 Å². The van der Waals surface area contributed by atoms with Crippen molar-refractivity contribution in [2.24, 2.45) is 0 Å². The summed E-state index contributed by atoms with van der Waals surface area (Å²) < 4.78 is 13.4. The number of benzene rings is 1. The number of carbonyl (C=O) groups excluding carboxylic acids is 1. The number of piperidine rings is 1. The summed E-state index contributed by atoms with van der Waals surface area (Å²) in [5.74, 6) is 1.30. The lowest BCUT2D eigenvalue weighted by Gasteiger charge is -2.45. The number of aromatic nitrogens is 4. The first-order valence-corrected chi connectivity index (χ1v) is 9.47. The smallest absolute Gasteiger partial charge is 0.293 e. The van der Waals surface area contributed by atoms with Gasteiger partial charge in [0, 0.05) is 31.0 Å². The summed E-state index contributed by atoms with van der Waals surface area (Å²) in [6.07, 6.45) is 5.69. The molecule has 2 aliphatic heterocycles. The van der Waals surface area contributed by atoms with E-state index in [1.807, 2.05) is 12.1 Å². The number of hydrogen-bond acceptors (Lipinski definition) is 6. The summed E-state index contributed by atoms with van der Waals surface area (Å²) in [6.45, 7) is 1.85. The third-order valence-electron chi connectivity index (χ3n) is 5.70. The van der Waals surface area contributed by atoms with Crippen LogP contribution in [0, 0.1) is 0 Å². The fraction of sp³-hybridized carbons (Fsp3) is 0.400. The Morgan fingerprint density at radius 2 is 2.11 bits per heavy atom. The van der Waals surface area contributed by atoms with Gasteiger partial charge >= 0.3 is 0 Å². The number of hydrogen-bond donors (Lipinski definition) is 0. The highest BCUT2D eigenvalue weighted by Gasteiger charge is 2.44. The maximum absolute atomic E-state index is 12.9. The van der Waals surface area contributed by atoms with Gasteiger partial charge in [0.05, 0.1) is 13.7 Å². The first-order chi connectivity index (χ1) is 13.7. The maximum atomic E-state index is 12.9. The van der Waals surface area contributed by atoms with Gasteiger partial charge in [-0.2, -0.15) is 4.98 Å². The largest absolute Gasteiger partial charge is 0.496 e. The molecule has 4 heterocycles. The molecule has 0 saturated carbocycles. The van der Waals surface area contributed by atoms with Crippen molar-refractivity contribution in [1.82, 2.24) is 24.5 Å². The number of methoxy groups -OCH3 is 1. The van der Waals surface area contributed by atoms with Crippen molar-refractivity contribution in [3.8, 4) is 5.75 Å². The molecular weight excluding hydrogens is 358 g/mol. The van der Waals surface area contributed by atoms with Crippen LogP contribution in [-0.2, 0) is 16.8 Å². The summed E-state index contributed by atoms with van der Waals surface area (Å²) >= 11 is 0. The highest BCUT2D eigenvalue weighted by Crippen LogP contribution is 2.45. The van der Waals surface area contributed by atoms with Crippen molar-refractivity contribution in [3.05, 3.63) is 53.6 Å². The Kier molecular flexibility index (Phi) is 4.01. The van der Waals surface area contributed by atoms with Crippen molar-refractivity contribution in [2.45, 2.75) is 24.9 Å². The van der Waals surface area contributed by atoms with Crippen LogP contribution in [0.4, 0.5) is 0 Å². The average molecular weight is 379 g/mol. The minimum atomic E-state index is -0.398. The molecule has 1 saturated heterocycles. The van der Waals surface area contributed by atoms with Crippen LogP contribution in [0.15, 0.2) is 36.7 Å². The van der Waals surface area contributed by atoms with Crippen molar-refractivity contribution in [1.29, 1.82) is 0 Å². The van der Waals surface area contributed by atoms with E-state index in [1.165, 1.54) is 10.1 Å². The zero-order valence-electron chi connectivity index (χ0n) is 15.7. The van der Waals surface area contributed by atoms with Gasteiger partial charge in [0.15, 0.2) is 0 Å². The van der Waals surface area contributed by atoms with Crippen molar-refractivity contribution in [2.75, 3.05) is 26.8 Å². The average Bonchev–Trinajstić information content (AvgIpc) is 3.18. The molecule has 5 rings (SSSR count). The third-order valence-corrected chi connectivity index (χ3v) is 5.70. The van der Waals surface area contributed by atoms with E-state index in [4.69, 9.17) is 9.47 Å². The third kappa shape index (κ3) is 2.63. The Morgan fingerprint density at radius 3 is 2.89 bits per heavy atom. The standard InChI is InChI=1S/C20H21N5O3/c1-27-15-5-2-4-14-6-13-28-20(16(14)15)7-11-24(12-8-20)18(26)17-22-19-21-9-3-10-25(19)23-17/h2-5,9-10H,6-8,11-13H2,1H3. The molecule has 1 fully saturated rings. The van der Waals surface area contributed by atoms with Gasteiger partial charge in [-0.05, 0) is 37.0 Å². The first kappa shape index (κ1) is 17.1. The van der Waals surface area contributed by atoms with Gasteiger partial charge in [-0.1, -0.05) is 12.1 Å². The van der Waals surface area contributed by atoms with E-state index < -0.39 is 5.60 Å². The molecule has 0 atom stereocenters. The molecule has 0 radical (unpaired) electrons. The predicted octanol–water partition coefficient (Wildman–Crippen LogP) is 1.84. The molecule has 8 heteroatoms. The van der Waals surface area contributed by atoms with Crippen LogP contribution in [0.25, 0.3) is 5.78 Å². The SMILES string of the molecule is COc1cccc2c1C1(CCN(C(=O)c3nc4ncccn4n3)CC1)OCC2. The lowest BCUT2D eigenvalue weighted by atomic mass is 9.78. The zero-order chi connectivity index (χ0) is 19.1. The van der Waals surface area contributed by atoms with Gasteiger partial charge in [-0.25, -0.2) is 9.50 Å². The van der Waals surface area contributed by atoms with Crippen LogP contribution in [0.3, 0.4) is 0 Å². The molecule has 3 aromatic rings. The van der Waals surface area contributed by atoms with Gasteiger partial charge in [0.2, 0.25) is 5.82 Å². The molecule has 28 heavy (non-hydrogen) atoms. The van der Waals surface area contributed by atoms with E-state index in [0.29, 0.717) is 25.5 Å². The van der Waals surface area contributed by atoms with Crippen LogP contribution >= 0.6 is 0 Å². The summed E-state index contributed by atoms with van der Waals surface area (Å²) in [7, 11) is 1.69. The zero-order valence-corrected chi connectivity index (χ0v) is 15.7. The number of amides is 1. The Balaban J connectivity index is 1.39. The quantitative estimate of drug-likeness (QED) is 0.676. The van der Waals surface area contributed by atoms with Gasteiger partial charge < -0.3 is 14.4 Å². The Morgan fingerprint density at radius 1 is 1.25 bits per heavy atom. The van der Waals surface area contributed by atoms with E-state index in [9.17, 15) is 4.79 Å². The van der Waals surface area contributed by atoms with Crippen LogP contribution in [0.2, 0.25) is 0 Å². The normalized spacial score (nSPS) is 18.2. The Hall–Kier alpha value is -3.00. The van der Waals surface area contributed by atoms with Crippen LogP contribution in [0.5, 0.6) is 5.75 Å². The fourth-order valence-electron chi connectivity index (χ4n) is 4.33. The molecule has 0 aliphatic carbocycles. The van der Waals surface area contributed by atoms with Gasteiger partial charge in [0.25, 0.3) is 11.7 Å². The molecular formula is C20H21N5O3. The van der Waals surface area contributed by atoms with Gasteiger partial charge in [-0.15, -0.1) is 5.10 Å². The highest BCUT2D eigenvalue weighted by molar-refractivity contribution is 5.91. The lowest BCUT2D eigenvalue weighted by molar-refractivity contribution is -0.0947. The lowest BCUT2D eigenvalue weighted by Crippen LogP contribution is -2.48. The minimum Gasteiger partial charge on any atom is -0.496 e. The van der Waals surface area contributed by atoms with E-state index in [2.05, 4.69) is 21.1 Å². The molecule has 8 nitrogen and oxygen atoms in total. The summed E-state index contributed by atoms with van der Waals surface area (Å²) in [4.78, 5) is 23.1. The van der Waals surface area contributed by atoms with Gasteiger partial charge in [0.1, 0.15) is 11.4 Å². The number of likely N-dealkylation sites (tertiary alicyclic amines) is 1. The molecule has 2 aliphatic rings. The second-order valence-corrected chi connectivity index (χ2v) is 7.18. The molecule has 0 N–H and O–H groups in total. The number of fused-ring (bicyclic) bond motifs is 3. The summed E-state index contributed by atoms with van der Waals surface area (Å²) in [5.41, 5.74) is 2.02. The topological polar surface area (TPSA) is 81.9 Å². The van der Waals surface area contributed by atoms with E-state index in [-0.39, 0.29) is 11.7 Å². The fourth-order valence-corrected chi connectivity index (χ4v) is 4.33.